The van der Waals surface area contributed by atoms with Crippen LogP contribution >= 0.6 is 11.8 Å². The molecule has 27 heavy (non-hydrogen) atoms. The Labute approximate surface area is 157 Å². The lowest BCUT2D eigenvalue weighted by atomic mass is 10.1. The highest BCUT2D eigenvalue weighted by molar-refractivity contribution is 7.98. The SMILES string of the molecule is O=C(O)c1cn(C2CC2)c2c(F)c(SCc3ccccc3)c(F)cc2c1=O. The first-order chi connectivity index (χ1) is 13.0. The van der Waals surface area contributed by atoms with Gasteiger partial charge in [0.05, 0.1) is 15.8 Å². The number of hydrogen-bond donors (Lipinski definition) is 1. The number of carboxylic acids is 1. The molecule has 1 saturated carbocycles. The summed E-state index contributed by atoms with van der Waals surface area (Å²) >= 11 is 1.02. The molecule has 0 aliphatic heterocycles. The lowest BCUT2D eigenvalue weighted by molar-refractivity contribution is 0.0694. The van der Waals surface area contributed by atoms with E-state index < -0.39 is 28.6 Å². The van der Waals surface area contributed by atoms with Crippen molar-refractivity contribution < 1.29 is 18.7 Å². The average molecular weight is 387 g/mol. The van der Waals surface area contributed by atoms with Gasteiger partial charge in [0, 0.05) is 18.0 Å². The summed E-state index contributed by atoms with van der Waals surface area (Å²) in [5.74, 6) is -2.70. The third-order valence-electron chi connectivity index (χ3n) is 4.56. The molecule has 4 rings (SSSR count). The molecule has 0 atom stereocenters. The first-order valence-electron chi connectivity index (χ1n) is 8.44. The lowest BCUT2D eigenvalue weighted by Crippen LogP contribution is -2.20. The fraction of sp³-hybridized carbons (Fsp3) is 0.200. The van der Waals surface area contributed by atoms with Gasteiger partial charge in [0.1, 0.15) is 11.4 Å². The van der Waals surface area contributed by atoms with E-state index >= 15 is 4.39 Å². The number of halogens is 2. The van der Waals surface area contributed by atoms with Crippen LogP contribution in [0.15, 0.2) is 52.3 Å². The number of hydrogen-bond acceptors (Lipinski definition) is 3. The summed E-state index contributed by atoms with van der Waals surface area (Å²) in [6.07, 6.45) is 2.71. The van der Waals surface area contributed by atoms with Crippen LogP contribution in [-0.4, -0.2) is 15.6 Å². The minimum absolute atomic E-state index is 0.0236. The monoisotopic (exact) mass is 387 g/mol. The van der Waals surface area contributed by atoms with Gasteiger partial charge in [-0.15, -0.1) is 11.8 Å². The zero-order chi connectivity index (χ0) is 19.1. The van der Waals surface area contributed by atoms with Gasteiger partial charge >= 0.3 is 5.97 Å². The van der Waals surface area contributed by atoms with Crippen molar-refractivity contribution in [3.63, 3.8) is 0 Å². The van der Waals surface area contributed by atoms with Crippen molar-refractivity contribution >= 4 is 28.6 Å². The van der Waals surface area contributed by atoms with Crippen molar-refractivity contribution in [2.75, 3.05) is 0 Å². The maximum absolute atomic E-state index is 15.2. The van der Waals surface area contributed by atoms with Crippen LogP contribution in [0.25, 0.3) is 10.9 Å². The minimum atomic E-state index is -1.40. The number of aromatic nitrogens is 1. The molecule has 1 fully saturated rings. The number of aromatic carboxylic acids is 1. The van der Waals surface area contributed by atoms with E-state index in [4.69, 9.17) is 0 Å². The fourth-order valence-corrected chi connectivity index (χ4v) is 4.00. The number of pyridine rings is 1. The molecule has 0 saturated heterocycles. The molecular weight excluding hydrogens is 372 g/mol. The van der Waals surface area contributed by atoms with Crippen molar-refractivity contribution in [2.24, 2.45) is 0 Å². The smallest absolute Gasteiger partial charge is 0.341 e. The quantitative estimate of drug-likeness (QED) is 0.650. The minimum Gasteiger partial charge on any atom is -0.477 e. The maximum atomic E-state index is 15.2. The summed E-state index contributed by atoms with van der Waals surface area (Å²) < 4.78 is 31.3. The van der Waals surface area contributed by atoms with E-state index in [0.29, 0.717) is 5.75 Å². The van der Waals surface area contributed by atoms with Crippen molar-refractivity contribution in [1.82, 2.24) is 4.57 Å². The normalized spacial score (nSPS) is 13.9. The van der Waals surface area contributed by atoms with Crippen LogP contribution in [0, 0.1) is 11.6 Å². The van der Waals surface area contributed by atoms with Crippen LogP contribution < -0.4 is 5.43 Å². The van der Waals surface area contributed by atoms with Crippen LogP contribution in [0.1, 0.15) is 34.8 Å². The molecule has 0 spiro atoms. The highest BCUT2D eigenvalue weighted by Crippen LogP contribution is 2.40. The van der Waals surface area contributed by atoms with Crippen molar-refractivity contribution in [3.8, 4) is 0 Å². The number of benzene rings is 2. The number of carbonyl (C=O) groups is 1. The molecule has 0 radical (unpaired) electrons. The molecule has 0 unspecified atom stereocenters. The molecule has 0 bridgehead atoms. The third-order valence-corrected chi connectivity index (χ3v) is 5.70. The highest BCUT2D eigenvalue weighted by atomic mass is 32.2. The highest BCUT2D eigenvalue weighted by Gasteiger charge is 2.29. The zero-order valence-corrected chi connectivity index (χ0v) is 14.9. The molecule has 7 heteroatoms. The van der Waals surface area contributed by atoms with E-state index in [2.05, 4.69) is 0 Å². The largest absolute Gasteiger partial charge is 0.477 e. The summed E-state index contributed by atoms with van der Waals surface area (Å²) in [4.78, 5) is 23.6. The Balaban J connectivity index is 1.87. The molecule has 1 aromatic heterocycles. The predicted molar refractivity (Wildman–Crippen MR) is 99.4 cm³/mol. The van der Waals surface area contributed by atoms with Gasteiger partial charge in [-0.3, -0.25) is 4.79 Å². The van der Waals surface area contributed by atoms with E-state index in [-0.39, 0.29) is 21.8 Å². The molecule has 138 valence electrons. The second-order valence-corrected chi connectivity index (χ2v) is 7.47. The molecule has 3 aromatic rings. The van der Waals surface area contributed by atoms with Crippen LogP contribution in [0.4, 0.5) is 8.78 Å². The maximum Gasteiger partial charge on any atom is 0.341 e. The van der Waals surface area contributed by atoms with Crippen LogP contribution in [-0.2, 0) is 5.75 Å². The Morgan fingerprint density at radius 2 is 1.93 bits per heavy atom. The van der Waals surface area contributed by atoms with Crippen molar-refractivity contribution in [1.29, 1.82) is 0 Å². The number of thioether (sulfide) groups is 1. The van der Waals surface area contributed by atoms with Crippen LogP contribution in [0.5, 0.6) is 0 Å². The molecule has 1 aliphatic carbocycles. The van der Waals surface area contributed by atoms with Crippen LogP contribution in [0.3, 0.4) is 0 Å². The average Bonchev–Trinajstić information content (AvgIpc) is 3.48. The Hall–Kier alpha value is -2.67. The number of carboxylic acid groups (broad SMARTS) is 1. The zero-order valence-electron chi connectivity index (χ0n) is 14.1. The van der Waals surface area contributed by atoms with Crippen LogP contribution in [0.2, 0.25) is 0 Å². The molecule has 2 aromatic carbocycles. The molecular formula is C20H15F2NO3S. The van der Waals surface area contributed by atoms with Crippen molar-refractivity contribution in [2.45, 2.75) is 29.5 Å². The summed E-state index contributed by atoms with van der Waals surface area (Å²) in [6, 6.07) is 10.2. The van der Waals surface area contributed by atoms with Crippen molar-refractivity contribution in [3.05, 3.63) is 75.6 Å². The van der Waals surface area contributed by atoms with E-state index in [0.717, 1.165) is 36.2 Å². The van der Waals surface area contributed by atoms with E-state index in [1.54, 1.807) is 0 Å². The summed E-state index contributed by atoms with van der Waals surface area (Å²) in [6.45, 7) is 0. The Bertz CT molecular complexity index is 1110. The Kier molecular flexibility index (Phi) is 4.47. The van der Waals surface area contributed by atoms with Gasteiger partial charge in [-0.05, 0) is 24.5 Å². The van der Waals surface area contributed by atoms with Gasteiger partial charge in [0.15, 0.2) is 5.82 Å². The molecule has 4 nitrogen and oxygen atoms in total. The first-order valence-corrected chi connectivity index (χ1v) is 9.42. The van der Waals surface area contributed by atoms with Gasteiger partial charge < -0.3 is 9.67 Å². The fourth-order valence-electron chi connectivity index (χ4n) is 3.08. The lowest BCUT2D eigenvalue weighted by Gasteiger charge is -2.15. The summed E-state index contributed by atoms with van der Waals surface area (Å²) in [5, 5.41) is 9.01. The summed E-state index contributed by atoms with van der Waals surface area (Å²) in [7, 11) is 0. The van der Waals surface area contributed by atoms with E-state index in [1.807, 2.05) is 30.3 Å². The second kappa shape index (κ2) is 6.81. The van der Waals surface area contributed by atoms with Gasteiger partial charge in [0.2, 0.25) is 5.43 Å². The molecule has 0 amide bonds. The predicted octanol–water partition coefficient (Wildman–Crippen LogP) is 4.61. The number of rotatable bonds is 5. The topological polar surface area (TPSA) is 59.3 Å². The first kappa shape index (κ1) is 17.7. The Morgan fingerprint density at radius 3 is 2.56 bits per heavy atom. The Morgan fingerprint density at radius 1 is 1.22 bits per heavy atom. The number of nitrogens with zero attached hydrogens (tertiary/aromatic N) is 1. The molecule has 1 aliphatic rings. The van der Waals surface area contributed by atoms with E-state index in [1.165, 1.54) is 10.8 Å². The van der Waals surface area contributed by atoms with Gasteiger partial charge in [-0.1, -0.05) is 30.3 Å². The molecule has 1 N–H and O–H groups in total. The third kappa shape index (κ3) is 3.23. The molecule has 1 heterocycles. The number of fused-ring (bicyclic) bond motifs is 1. The standard InChI is InChI=1S/C20H15F2NO3S/c21-15-8-13-17(16(22)19(15)27-10-11-4-2-1-3-5-11)23(12-6-7-12)9-14(18(13)24)20(25)26/h1-5,8-9,12H,6-7,10H2,(H,25,26). The van der Waals surface area contributed by atoms with Gasteiger partial charge in [-0.2, -0.15) is 0 Å². The summed E-state index contributed by atoms with van der Waals surface area (Å²) in [5.41, 5.74) is -0.448. The van der Waals surface area contributed by atoms with Gasteiger partial charge in [0.25, 0.3) is 0 Å². The van der Waals surface area contributed by atoms with E-state index in [9.17, 15) is 19.1 Å². The van der Waals surface area contributed by atoms with Gasteiger partial charge in [-0.25, -0.2) is 13.6 Å². The second-order valence-electron chi connectivity index (χ2n) is 6.49.